The van der Waals surface area contributed by atoms with E-state index in [1.54, 1.807) is 12.1 Å². The van der Waals surface area contributed by atoms with E-state index in [4.69, 9.17) is 4.74 Å². The number of methoxy groups -OCH3 is 1. The molecule has 0 bridgehead atoms. The Labute approximate surface area is 157 Å². The second kappa shape index (κ2) is 9.19. The van der Waals surface area contributed by atoms with Crippen LogP contribution in [-0.4, -0.2) is 7.11 Å². The highest BCUT2D eigenvalue weighted by molar-refractivity contribution is 5.31. The van der Waals surface area contributed by atoms with Crippen LogP contribution in [0.1, 0.15) is 76.7 Å². The fourth-order valence-electron chi connectivity index (χ4n) is 5.42. The summed E-state index contributed by atoms with van der Waals surface area (Å²) in [6.45, 7) is 2.30. The maximum atomic E-state index is 14.2. The van der Waals surface area contributed by atoms with Crippen LogP contribution in [0.4, 0.5) is 8.78 Å². The quantitative estimate of drug-likeness (QED) is 0.532. The minimum absolute atomic E-state index is 0.00589. The molecular formula is C23H34F2O. The molecule has 3 heteroatoms. The van der Waals surface area contributed by atoms with Crippen molar-refractivity contribution in [1.82, 2.24) is 0 Å². The van der Waals surface area contributed by atoms with Gasteiger partial charge in [0.2, 0.25) is 5.82 Å². The van der Waals surface area contributed by atoms with E-state index < -0.39 is 11.6 Å². The molecule has 0 aromatic heterocycles. The second-order valence-corrected chi connectivity index (χ2v) is 8.61. The number of halogens is 2. The highest BCUT2D eigenvalue weighted by Gasteiger charge is 2.31. The van der Waals surface area contributed by atoms with E-state index in [2.05, 4.69) is 6.92 Å². The molecule has 0 N–H and O–H groups in total. The van der Waals surface area contributed by atoms with Crippen LogP contribution in [0.25, 0.3) is 0 Å². The van der Waals surface area contributed by atoms with E-state index in [-0.39, 0.29) is 5.75 Å². The van der Waals surface area contributed by atoms with Gasteiger partial charge in [-0.2, -0.15) is 4.39 Å². The number of hydrogen-bond acceptors (Lipinski definition) is 1. The van der Waals surface area contributed by atoms with E-state index in [9.17, 15) is 8.78 Å². The molecule has 2 fully saturated rings. The van der Waals surface area contributed by atoms with Gasteiger partial charge in [0, 0.05) is 0 Å². The molecule has 0 saturated heterocycles. The first-order valence-electron chi connectivity index (χ1n) is 10.6. The summed E-state index contributed by atoms with van der Waals surface area (Å²) in [6, 6.07) is 3.24. The molecule has 0 amide bonds. The van der Waals surface area contributed by atoms with E-state index in [0.717, 1.165) is 30.6 Å². The van der Waals surface area contributed by atoms with Gasteiger partial charge in [0.25, 0.3) is 0 Å². The van der Waals surface area contributed by atoms with Crippen molar-refractivity contribution < 1.29 is 13.5 Å². The molecule has 0 unspecified atom stereocenters. The highest BCUT2D eigenvalue weighted by Crippen LogP contribution is 2.43. The zero-order valence-electron chi connectivity index (χ0n) is 16.4. The average Bonchev–Trinajstić information content (AvgIpc) is 2.67. The van der Waals surface area contributed by atoms with Gasteiger partial charge in [-0.3, -0.25) is 0 Å². The minimum atomic E-state index is -0.845. The van der Waals surface area contributed by atoms with Crippen molar-refractivity contribution in [1.29, 1.82) is 0 Å². The molecular weight excluding hydrogens is 330 g/mol. The van der Waals surface area contributed by atoms with Gasteiger partial charge < -0.3 is 4.74 Å². The van der Waals surface area contributed by atoms with Crippen LogP contribution >= 0.6 is 0 Å². The smallest absolute Gasteiger partial charge is 0.200 e. The lowest BCUT2D eigenvalue weighted by molar-refractivity contribution is 0.143. The van der Waals surface area contributed by atoms with Crippen molar-refractivity contribution in [3.8, 4) is 5.75 Å². The molecule has 0 heterocycles. The summed E-state index contributed by atoms with van der Waals surface area (Å²) in [7, 11) is 1.37. The fourth-order valence-corrected chi connectivity index (χ4v) is 5.42. The van der Waals surface area contributed by atoms with Crippen LogP contribution in [0.5, 0.6) is 5.75 Å². The van der Waals surface area contributed by atoms with Crippen LogP contribution in [0.3, 0.4) is 0 Å². The first kappa shape index (κ1) is 19.6. The molecule has 1 aromatic rings. The summed E-state index contributed by atoms with van der Waals surface area (Å²) in [5, 5.41) is 0. The second-order valence-electron chi connectivity index (χ2n) is 8.61. The van der Waals surface area contributed by atoms with Crippen LogP contribution in [-0.2, 0) is 6.42 Å². The zero-order valence-corrected chi connectivity index (χ0v) is 16.4. The third kappa shape index (κ3) is 4.58. The van der Waals surface area contributed by atoms with Crippen LogP contribution in [0, 0.1) is 35.3 Å². The van der Waals surface area contributed by atoms with Crippen molar-refractivity contribution in [2.45, 2.75) is 77.6 Å². The summed E-state index contributed by atoms with van der Waals surface area (Å²) >= 11 is 0. The molecule has 1 aromatic carbocycles. The Morgan fingerprint density at radius 3 is 1.96 bits per heavy atom. The SMILES string of the molecule is CCCC1CCC(C2CCC(Cc3ccc(OC)c(F)c3F)CC2)CC1. The van der Waals surface area contributed by atoms with Crippen molar-refractivity contribution in [3.05, 3.63) is 29.3 Å². The van der Waals surface area contributed by atoms with E-state index in [1.165, 1.54) is 58.5 Å². The molecule has 2 aliphatic rings. The van der Waals surface area contributed by atoms with Crippen molar-refractivity contribution in [2.75, 3.05) is 7.11 Å². The van der Waals surface area contributed by atoms with Gasteiger partial charge in [-0.25, -0.2) is 4.39 Å². The zero-order chi connectivity index (χ0) is 18.5. The van der Waals surface area contributed by atoms with Crippen LogP contribution in [0.2, 0.25) is 0 Å². The van der Waals surface area contributed by atoms with E-state index in [0.29, 0.717) is 17.9 Å². The lowest BCUT2D eigenvalue weighted by Gasteiger charge is -2.38. The topological polar surface area (TPSA) is 9.23 Å². The molecule has 2 aliphatic carbocycles. The Hall–Kier alpha value is -1.12. The largest absolute Gasteiger partial charge is 0.494 e. The van der Waals surface area contributed by atoms with Crippen molar-refractivity contribution >= 4 is 0 Å². The van der Waals surface area contributed by atoms with Crippen molar-refractivity contribution in [3.63, 3.8) is 0 Å². The molecule has 146 valence electrons. The predicted molar refractivity (Wildman–Crippen MR) is 102 cm³/mol. The Morgan fingerprint density at radius 2 is 1.42 bits per heavy atom. The summed E-state index contributed by atoms with van der Waals surface area (Å²) in [5.41, 5.74) is 0.506. The lowest BCUT2D eigenvalue weighted by atomic mass is 9.68. The predicted octanol–water partition coefficient (Wildman–Crippen LogP) is 6.93. The third-order valence-corrected chi connectivity index (χ3v) is 7.00. The molecule has 0 aliphatic heterocycles. The number of benzene rings is 1. The number of hydrogen-bond donors (Lipinski definition) is 0. The maximum Gasteiger partial charge on any atom is 0.200 e. The van der Waals surface area contributed by atoms with Gasteiger partial charge in [0.1, 0.15) is 0 Å². The van der Waals surface area contributed by atoms with Gasteiger partial charge in [0.15, 0.2) is 11.6 Å². The molecule has 2 saturated carbocycles. The Kier molecular flexibility index (Phi) is 6.94. The first-order valence-corrected chi connectivity index (χ1v) is 10.6. The standard InChI is InChI=1S/C23H34F2O/c1-3-4-16-5-9-18(10-6-16)19-11-7-17(8-12-19)15-20-13-14-21(26-2)23(25)22(20)24/h13-14,16-19H,3-12,15H2,1-2H3. The highest BCUT2D eigenvalue weighted by atomic mass is 19.2. The Bertz CT molecular complexity index is 570. The van der Waals surface area contributed by atoms with Gasteiger partial charge >= 0.3 is 0 Å². The van der Waals surface area contributed by atoms with Gasteiger partial charge in [-0.05, 0) is 80.2 Å². The molecule has 0 radical (unpaired) electrons. The molecule has 0 spiro atoms. The number of rotatable bonds is 6. The van der Waals surface area contributed by atoms with Gasteiger partial charge in [0.05, 0.1) is 7.11 Å². The monoisotopic (exact) mass is 364 g/mol. The molecule has 3 rings (SSSR count). The van der Waals surface area contributed by atoms with Gasteiger partial charge in [-0.1, -0.05) is 38.7 Å². The Morgan fingerprint density at radius 1 is 0.846 bits per heavy atom. The summed E-state index contributed by atoms with van der Waals surface area (Å²) in [5.74, 6) is 1.67. The first-order chi connectivity index (χ1) is 12.6. The van der Waals surface area contributed by atoms with Crippen LogP contribution in [0.15, 0.2) is 12.1 Å². The van der Waals surface area contributed by atoms with Gasteiger partial charge in [-0.15, -0.1) is 0 Å². The fraction of sp³-hybridized carbons (Fsp3) is 0.739. The average molecular weight is 365 g/mol. The van der Waals surface area contributed by atoms with E-state index >= 15 is 0 Å². The minimum Gasteiger partial charge on any atom is -0.494 e. The summed E-state index contributed by atoms with van der Waals surface area (Å²) in [4.78, 5) is 0. The molecule has 26 heavy (non-hydrogen) atoms. The number of ether oxygens (including phenoxy) is 1. The summed E-state index contributed by atoms with van der Waals surface area (Å²) in [6.07, 6.45) is 13.9. The molecule has 1 nitrogen and oxygen atoms in total. The van der Waals surface area contributed by atoms with Crippen molar-refractivity contribution in [2.24, 2.45) is 23.7 Å². The summed E-state index contributed by atoms with van der Waals surface area (Å²) < 4.78 is 33.0. The molecule has 0 atom stereocenters. The van der Waals surface area contributed by atoms with E-state index in [1.807, 2.05) is 0 Å². The maximum absolute atomic E-state index is 14.2. The Balaban J connectivity index is 1.48. The lowest BCUT2D eigenvalue weighted by Crippen LogP contribution is -2.26. The van der Waals surface area contributed by atoms with Crippen LogP contribution < -0.4 is 4.74 Å². The normalized spacial score (nSPS) is 29.5. The third-order valence-electron chi connectivity index (χ3n) is 7.00.